The standard InChI is InChI=1S/C15H20FNO2/c1-14(2)12(15(14,3)4)8-17-11-6-5-9(13(18)19)7-10(11)16/h5-7,12,17H,8H2,1-4H3,(H,18,19). The van der Waals surface area contributed by atoms with E-state index in [4.69, 9.17) is 5.11 Å². The highest BCUT2D eigenvalue weighted by atomic mass is 19.1. The fourth-order valence-electron chi connectivity index (χ4n) is 2.85. The maximum absolute atomic E-state index is 13.7. The van der Waals surface area contributed by atoms with Gasteiger partial charge in [-0.15, -0.1) is 0 Å². The van der Waals surface area contributed by atoms with Crippen molar-refractivity contribution in [3.8, 4) is 0 Å². The fraction of sp³-hybridized carbons (Fsp3) is 0.533. The molecule has 0 aromatic heterocycles. The smallest absolute Gasteiger partial charge is 0.335 e. The predicted octanol–water partition coefficient (Wildman–Crippen LogP) is 3.62. The molecular weight excluding hydrogens is 245 g/mol. The molecule has 1 aromatic rings. The molecule has 0 unspecified atom stereocenters. The lowest BCUT2D eigenvalue weighted by atomic mass is 10.0. The number of nitrogens with one attached hydrogen (secondary N) is 1. The second-order valence-corrected chi connectivity index (χ2v) is 6.38. The number of hydrogen-bond donors (Lipinski definition) is 2. The Kier molecular flexibility index (Phi) is 3.07. The van der Waals surface area contributed by atoms with E-state index in [1.807, 2.05) is 0 Å². The summed E-state index contributed by atoms with van der Waals surface area (Å²) in [5.41, 5.74) is 0.827. The van der Waals surface area contributed by atoms with Crippen LogP contribution in [0.15, 0.2) is 18.2 Å². The van der Waals surface area contributed by atoms with Gasteiger partial charge < -0.3 is 10.4 Å². The minimum Gasteiger partial charge on any atom is -0.478 e. The maximum Gasteiger partial charge on any atom is 0.335 e. The van der Waals surface area contributed by atoms with Crippen molar-refractivity contribution >= 4 is 11.7 Å². The van der Waals surface area contributed by atoms with Gasteiger partial charge in [-0.25, -0.2) is 9.18 Å². The summed E-state index contributed by atoms with van der Waals surface area (Å²) in [5.74, 6) is -1.15. The zero-order valence-corrected chi connectivity index (χ0v) is 11.7. The predicted molar refractivity (Wildman–Crippen MR) is 72.9 cm³/mol. The van der Waals surface area contributed by atoms with Gasteiger partial charge in [-0.1, -0.05) is 27.7 Å². The van der Waals surface area contributed by atoms with Crippen LogP contribution in [0.25, 0.3) is 0 Å². The van der Waals surface area contributed by atoms with Crippen LogP contribution in [-0.2, 0) is 0 Å². The van der Waals surface area contributed by atoms with Crippen LogP contribution in [0.3, 0.4) is 0 Å². The number of anilines is 1. The van der Waals surface area contributed by atoms with E-state index in [1.165, 1.54) is 12.1 Å². The molecule has 2 rings (SSSR count). The van der Waals surface area contributed by atoms with Crippen LogP contribution < -0.4 is 5.32 Å². The summed E-state index contributed by atoms with van der Waals surface area (Å²) in [5, 5.41) is 11.9. The minimum atomic E-state index is -1.12. The number of carbonyl (C=O) groups is 1. The van der Waals surface area contributed by atoms with Gasteiger partial charge in [0, 0.05) is 6.54 Å². The molecular formula is C15H20FNO2. The topological polar surface area (TPSA) is 49.3 Å². The molecule has 2 N–H and O–H groups in total. The first-order valence-electron chi connectivity index (χ1n) is 6.44. The third-order valence-corrected chi connectivity index (χ3v) is 5.03. The van der Waals surface area contributed by atoms with E-state index < -0.39 is 11.8 Å². The Bertz CT molecular complexity index is 509. The monoisotopic (exact) mass is 265 g/mol. The van der Waals surface area contributed by atoms with Gasteiger partial charge >= 0.3 is 5.97 Å². The molecule has 0 saturated heterocycles. The molecule has 0 atom stereocenters. The molecule has 1 aliphatic carbocycles. The van der Waals surface area contributed by atoms with Gasteiger partial charge in [0.15, 0.2) is 0 Å². The first-order chi connectivity index (χ1) is 8.68. The SMILES string of the molecule is CC1(C)C(CNc2ccc(C(=O)O)cc2F)C1(C)C. The summed E-state index contributed by atoms with van der Waals surface area (Å²) in [6.07, 6.45) is 0. The van der Waals surface area contributed by atoms with Crippen molar-refractivity contribution in [2.45, 2.75) is 27.7 Å². The average Bonchev–Trinajstić information content (AvgIpc) is 2.68. The molecule has 104 valence electrons. The van der Waals surface area contributed by atoms with Gasteiger partial charge in [-0.2, -0.15) is 0 Å². The number of aromatic carboxylic acids is 1. The third kappa shape index (κ3) is 2.20. The highest BCUT2D eigenvalue weighted by Crippen LogP contribution is 2.68. The minimum absolute atomic E-state index is 0.0323. The molecule has 1 saturated carbocycles. The average molecular weight is 265 g/mol. The van der Waals surface area contributed by atoms with E-state index in [2.05, 4.69) is 33.0 Å². The Balaban J connectivity index is 2.04. The van der Waals surface area contributed by atoms with E-state index in [9.17, 15) is 9.18 Å². The Morgan fingerprint density at radius 1 is 1.32 bits per heavy atom. The molecule has 0 amide bonds. The van der Waals surface area contributed by atoms with Crippen LogP contribution in [-0.4, -0.2) is 17.6 Å². The molecule has 4 heteroatoms. The van der Waals surface area contributed by atoms with Crippen LogP contribution in [0.4, 0.5) is 10.1 Å². The van der Waals surface area contributed by atoms with Crippen LogP contribution in [0, 0.1) is 22.6 Å². The number of hydrogen-bond acceptors (Lipinski definition) is 2. The summed E-state index contributed by atoms with van der Waals surface area (Å²) in [6, 6.07) is 3.95. The van der Waals surface area contributed by atoms with E-state index in [0.29, 0.717) is 18.2 Å². The van der Waals surface area contributed by atoms with Crippen molar-refractivity contribution < 1.29 is 14.3 Å². The molecule has 0 aliphatic heterocycles. The van der Waals surface area contributed by atoms with Gasteiger partial charge in [0.25, 0.3) is 0 Å². The molecule has 0 heterocycles. The highest BCUT2D eigenvalue weighted by Gasteiger charge is 2.64. The molecule has 1 fully saturated rings. The second-order valence-electron chi connectivity index (χ2n) is 6.38. The maximum atomic E-state index is 13.7. The van der Waals surface area contributed by atoms with Gasteiger partial charge in [0.2, 0.25) is 0 Å². The highest BCUT2D eigenvalue weighted by molar-refractivity contribution is 5.88. The van der Waals surface area contributed by atoms with Crippen molar-refractivity contribution in [2.75, 3.05) is 11.9 Å². The van der Waals surface area contributed by atoms with Crippen molar-refractivity contribution in [1.29, 1.82) is 0 Å². The Labute approximate surface area is 112 Å². The molecule has 0 spiro atoms. The van der Waals surface area contributed by atoms with Crippen molar-refractivity contribution in [3.63, 3.8) is 0 Å². The van der Waals surface area contributed by atoms with Gasteiger partial charge in [0.1, 0.15) is 5.82 Å². The van der Waals surface area contributed by atoms with Gasteiger partial charge in [-0.05, 0) is 34.9 Å². The van der Waals surface area contributed by atoms with E-state index in [-0.39, 0.29) is 16.4 Å². The first-order valence-corrected chi connectivity index (χ1v) is 6.44. The molecule has 1 aromatic carbocycles. The van der Waals surface area contributed by atoms with E-state index >= 15 is 0 Å². The lowest BCUT2D eigenvalue weighted by Crippen LogP contribution is -2.10. The lowest BCUT2D eigenvalue weighted by Gasteiger charge is -2.09. The number of carboxylic acids is 1. The van der Waals surface area contributed by atoms with Gasteiger partial charge in [-0.3, -0.25) is 0 Å². The summed E-state index contributed by atoms with van der Waals surface area (Å²) >= 11 is 0. The van der Waals surface area contributed by atoms with Crippen molar-refractivity contribution in [1.82, 2.24) is 0 Å². The lowest BCUT2D eigenvalue weighted by molar-refractivity contribution is 0.0696. The first kappa shape index (κ1) is 13.8. The van der Waals surface area contributed by atoms with E-state index in [1.54, 1.807) is 0 Å². The van der Waals surface area contributed by atoms with Gasteiger partial charge in [0.05, 0.1) is 11.3 Å². The summed E-state index contributed by atoms with van der Waals surface area (Å²) in [6.45, 7) is 9.54. The summed E-state index contributed by atoms with van der Waals surface area (Å²) < 4.78 is 13.7. The zero-order valence-electron chi connectivity index (χ0n) is 11.7. The van der Waals surface area contributed by atoms with Crippen LogP contribution >= 0.6 is 0 Å². The van der Waals surface area contributed by atoms with Crippen molar-refractivity contribution in [2.24, 2.45) is 16.7 Å². The fourth-order valence-corrected chi connectivity index (χ4v) is 2.85. The normalized spacial score (nSPS) is 20.1. The number of benzene rings is 1. The third-order valence-electron chi connectivity index (χ3n) is 5.03. The Morgan fingerprint density at radius 2 is 1.89 bits per heavy atom. The van der Waals surface area contributed by atoms with E-state index in [0.717, 1.165) is 6.07 Å². The van der Waals surface area contributed by atoms with Crippen molar-refractivity contribution in [3.05, 3.63) is 29.6 Å². The number of rotatable bonds is 4. The van der Waals surface area contributed by atoms with Crippen LogP contribution in [0.2, 0.25) is 0 Å². The molecule has 1 aliphatic rings. The second kappa shape index (κ2) is 4.22. The number of carboxylic acid groups (broad SMARTS) is 1. The van der Waals surface area contributed by atoms with Crippen LogP contribution in [0.1, 0.15) is 38.1 Å². The molecule has 0 bridgehead atoms. The molecule has 3 nitrogen and oxygen atoms in total. The largest absolute Gasteiger partial charge is 0.478 e. The Morgan fingerprint density at radius 3 is 2.32 bits per heavy atom. The Hall–Kier alpha value is -1.58. The van der Waals surface area contributed by atoms with Crippen LogP contribution in [0.5, 0.6) is 0 Å². The number of halogens is 1. The summed E-state index contributed by atoms with van der Waals surface area (Å²) in [7, 11) is 0. The molecule has 19 heavy (non-hydrogen) atoms. The summed E-state index contributed by atoms with van der Waals surface area (Å²) in [4.78, 5) is 10.7. The molecule has 0 radical (unpaired) electrons. The zero-order chi connectivity index (χ0) is 14.4. The quantitative estimate of drug-likeness (QED) is 0.874.